The Morgan fingerprint density at radius 3 is 1.52 bits per heavy atom. The zero-order valence-electron chi connectivity index (χ0n) is 20.7. The van der Waals surface area contributed by atoms with Crippen molar-refractivity contribution in [3.8, 4) is 11.5 Å². The summed E-state index contributed by atoms with van der Waals surface area (Å²) in [6.45, 7) is 5.97. The smallest absolute Gasteiger partial charge is 0.224 e. The van der Waals surface area contributed by atoms with Gasteiger partial charge in [0.2, 0.25) is 5.12 Å². The van der Waals surface area contributed by atoms with Crippen LogP contribution in [0, 0.1) is 0 Å². The Kier molecular flexibility index (Phi) is 14.5. The Morgan fingerprint density at radius 2 is 1.03 bits per heavy atom. The maximum absolute atomic E-state index is 12.6. The lowest BCUT2D eigenvalue weighted by atomic mass is 10.1. The fourth-order valence-electron chi connectivity index (χ4n) is 3.60. The molecule has 182 valence electrons. The zero-order valence-corrected chi connectivity index (χ0v) is 21.5. The SMILES string of the molecule is CCCCCCCCOc1ccc(SC(=O)c2ccc(OCCCCCCCC)cc2)cc1. The summed E-state index contributed by atoms with van der Waals surface area (Å²) in [5.74, 6) is 1.70. The molecule has 0 spiro atoms. The number of rotatable bonds is 18. The molecule has 33 heavy (non-hydrogen) atoms. The van der Waals surface area contributed by atoms with Crippen LogP contribution in [-0.4, -0.2) is 18.3 Å². The molecule has 0 aliphatic heterocycles. The Bertz CT molecular complexity index is 755. The van der Waals surface area contributed by atoms with Crippen LogP contribution in [0.15, 0.2) is 53.4 Å². The van der Waals surface area contributed by atoms with Crippen LogP contribution in [0.3, 0.4) is 0 Å². The third-order valence-corrected chi connectivity index (χ3v) is 6.59. The number of carbonyl (C=O) groups is 1. The molecule has 0 atom stereocenters. The summed E-state index contributed by atoms with van der Waals surface area (Å²) in [4.78, 5) is 13.5. The average molecular weight is 471 g/mol. The summed E-state index contributed by atoms with van der Waals surface area (Å²) in [7, 11) is 0. The molecule has 3 nitrogen and oxygen atoms in total. The van der Waals surface area contributed by atoms with E-state index in [1.807, 2.05) is 48.5 Å². The van der Waals surface area contributed by atoms with Crippen molar-refractivity contribution in [2.45, 2.75) is 95.8 Å². The van der Waals surface area contributed by atoms with Crippen LogP contribution >= 0.6 is 11.8 Å². The molecular formula is C29H42O3S. The normalized spacial score (nSPS) is 10.8. The Balaban J connectivity index is 1.65. The van der Waals surface area contributed by atoms with Crippen molar-refractivity contribution in [1.82, 2.24) is 0 Å². The summed E-state index contributed by atoms with van der Waals surface area (Å²) < 4.78 is 11.6. The molecule has 0 heterocycles. The van der Waals surface area contributed by atoms with Crippen molar-refractivity contribution >= 4 is 16.9 Å². The number of carbonyl (C=O) groups excluding carboxylic acids is 1. The van der Waals surface area contributed by atoms with E-state index in [0.717, 1.165) is 42.4 Å². The molecule has 0 aliphatic carbocycles. The fraction of sp³-hybridized carbons (Fsp3) is 0.552. The molecule has 0 aliphatic rings. The highest BCUT2D eigenvalue weighted by atomic mass is 32.2. The second kappa shape index (κ2) is 17.5. The third-order valence-electron chi connectivity index (χ3n) is 5.66. The number of ether oxygens (including phenoxy) is 2. The summed E-state index contributed by atoms with van der Waals surface area (Å²) in [5, 5.41) is 0.0400. The minimum atomic E-state index is 0.0400. The van der Waals surface area contributed by atoms with Crippen molar-refractivity contribution in [2.75, 3.05) is 13.2 Å². The van der Waals surface area contributed by atoms with Gasteiger partial charge in [-0.15, -0.1) is 0 Å². The number of unbranched alkanes of at least 4 members (excludes halogenated alkanes) is 10. The third kappa shape index (κ3) is 12.2. The predicted octanol–water partition coefficient (Wildman–Crippen LogP) is 9.10. The van der Waals surface area contributed by atoms with Crippen molar-refractivity contribution in [3.63, 3.8) is 0 Å². The molecule has 2 aromatic rings. The monoisotopic (exact) mass is 470 g/mol. The highest BCUT2D eigenvalue weighted by molar-refractivity contribution is 8.14. The van der Waals surface area contributed by atoms with E-state index in [-0.39, 0.29) is 5.12 Å². The lowest BCUT2D eigenvalue weighted by Gasteiger charge is -2.08. The molecule has 2 rings (SSSR count). The van der Waals surface area contributed by atoms with Crippen molar-refractivity contribution in [3.05, 3.63) is 54.1 Å². The Labute approximate surface area is 205 Å². The van der Waals surface area contributed by atoms with Gasteiger partial charge in [-0.3, -0.25) is 4.79 Å². The molecule has 0 fully saturated rings. The molecule has 0 bridgehead atoms. The van der Waals surface area contributed by atoms with Crippen LogP contribution < -0.4 is 9.47 Å². The van der Waals surface area contributed by atoms with Crippen LogP contribution in [0.2, 0.25) is 0 Å². The molecule has 0 radical (unpaired) electrons. The van der Waals surface area contributed by atoms with E-state index in [4.69, 9.17) is 9.47 Å². The maximum atomic E-state index is 12.6. The van der Waals surface area contributed by atoms with Gasteiger partial charge in [-0.05, 0) is 73.1 Å². The first-order valence-corrected chi connectivity index (χ1v) is 13.7. The van der Waals surface area contributed by atoms with Crippen molar-refractivity contribution in [2.24, 2.45) is 0 Å². The van der Waals surface area contributed by atoms with Gasteiger partial charge in [0, 0.05) is 10.5 Å². The van der Waals surface area contributed by atoms with Gasteiger partial charge in [0.15, 0.2) is 0 Å². The highest BCUT2D eigenvalue weighted by Crippen LogP contribution is 2.26. The lowest BCUT2D eigenvalue weighted by molar-refractivity contribution is 0.108. The van der Waals surface area contributed by atoms with E-state index in [9.17, 15) is 4.79 Å². The standard InChI is InChI=1S/C29H42O3S/c1-3-5-7-9-11-13-23-31-26-17-15-25(16-18-26)29(30)33-28-21-19-27(20-22-28)32-24-14-12-10-8-6-4-2/h15-22H,3-14,23-24H2,1-2H3. The summed E-state index contributed by atoms with van der Waals surface area (Å²) >= 11 is 1.25. The summed E-state index contributed by atoms with van der Waals surface area (Å²) in [6, 6.07) is 15.3. The Hall–Kier alpha value is -1.94. The molecule has 2 aromatic carbocycles. The highest BCUT2D eigenvalue weighted by Gasteiger charge is 2.09. The minimum Gasteiger partial charge on any atom is -0.494 e. The molecule has 4 heteroatoms. The van der Waals surface area contributed by atoms with Crippen LogP contribution in [0.1, 0.15) is 101 Å². The van der Waals surface area contributed by atoms with E-state index in [0.29, 0.717) is 5.56 Å². The summed E-state index contributed by atoms with van der Waals surface area (Å²) in [6.07, 6.45) is 15.1. The van der Waals surface area contributed by atoms with Crippen LogP contribution in [0.4, 0.5) is 0 Å². The van der Waals surface area contributed by atoms with E-state index in [2.05, 4.69) is 13.8 Å². The number of hydrogen-bond donors (Lipinski definition) is 0. The van der Waals surface area contributed by atoms with Crippen molar-refractivity contribution < 1.29 is 14.3 Å². The predicted molar refractivity (Wildman–Crippen MR) is 141 cm³/mol. The second-order valence-electron chi connectivity index (χ2n) is 8.62. The van der Waals surface area contributed by atoms with Gasteiger partial charge in [0.05, 0.1) is 13.2 Å². The van der Waals surface area contributed by atoms with E-state index in [1.165, 1.54) is 76.0 Å². The number of benzene rings is 2. The first kappa shape index (κ1) is 27.3. The first-order chi connectivity index (χ1) is 16.2. The molecule has 0 unspecified atom stereocenters. The lowest BCUT2D eigenvalue weighted by Crippen LogP contribution is -1.99. The van der Waals surface area contributed by atoms with Crippen LogP contribution in [0.5, 0.6) is 11.5 Å². The largest absolute Gasteiger partial charge is 0.494 e. The van der Waals surface area contributed by atoms with Crippen molar-refractivity contribution in [1.29, 1.82) is 0 Å². The fourth-order valence-corrected chi connectivity index (χ4v) is 4.34. The number of hydrogen-bond acceptors (Lipinski definition) is 4. The number of thioether (sulfide) groups is 1. The Morgan fingerprint density at radius 1 is 0.606 bits per heavy atom. The molecule has 0 saturated carbocycles. The molecule has 0 amide bonds. The molecule has 0 saturated heterocycles. The van der Waals surface area contributed by atoms with Gasteiger partial charge in [-0.25, -0.2) is 0 Å². The van der Waals surface area contributed by atoms with E-state index in [1.54, 1.807) is 0 Å². The van der Waals surface area contributed by atoms with E-state index >= 15 is 0 Å². The average Bonchev–Trinajstić information content (AvgIpc) is 2.84. The quantitative estimate of drug-likeness (QED) is 0.161. The van der Waals surface area contributed by atoms with Gasteiger partial charge in [0.1, 0.15) is 11.5 Å². The van der Waals surface area contributed by atoms with Crippen LogP contribution in [0.25, 0.3) is 0 Å². The van der Waals surface area contributed by atoms with Gasteiger partial charge in [-0.2, -0.15) is 0 Å². The minimum absolute atomic E-state index is 0.0400. The van der Waals surface area contributed by atoms with Gasteiger partial charge < -0.3 is 9.47 Å². The van der Waals surface area contributed by atoms with Gasteiger partial charge in [0.25, 0.3) is 0 Å². The molecule has 0 aromatic heterocycles. The maximum Gasteiger partial charge on any atom is 0.224 e. The topological polar surface area (TPSA) is 35.5 Å². The molecule has 0 N–H and O–H groups in total. The molecular weight excluding hydrogens is 428 g/mol. The van der Waals surface area contributed by atoms with Gasteiger partial charge in [-0.1, -0.05) is 78.1 Å². The zero-order chi connectivity index (χ0) is 23.6. The summed E-state index contributed by atoms with van der Waals surface area (Å²) in [5.41, 5.74) is 0.690. The second-order valence-corrected chi connectivity index (χ2v) is 9.66. The van der Waals surface area contributed by atoms with Crippen LogP contribution in [-0.2, 0) is 0 Å². The van der Waals surface area contributed by atoms with E-state index < -0.39 is 0 Å². The first-order valence-electron chi connectivity index (χ1n) is 12.9. The van der Waals surface area contributed by atoms with Gasteiger partial charge >= 0.3 is 0 Å².